The summed E-state index contributed by atoms with van der Waals surface area (Å²) in [5, 5.41) is 6.12. The minimum Gasteiger partial charge on any atom is -0.354 e. The second-order valence-corrected chi connectivity index (χ2v) is 5.89. The number of H-pyrrole nitrogens is 1. The summed E-state index contributed by atoms with van der Waals surface area (Å²) in [6.07, 6.45) is 0.869. The van der Waals surface area contributed by atoms with Gasteiger partial charge in [-0.2, -0.15) is 0 Å². The number of benzene rings is 1. The average molecular weight is 320 g/mol. The number of aromatic nitrogens is 2. The number of amides is 2. The van der Waals surface area contributed by atoms with Crippen molar-refractivity contribution < 1.29 is 9.59 Å². The first-order valence-electron chi connectivity index (χ1n) is 7.24. The molecule has 7 heteroatoms. The van der Waals surface area contributed by atoms with Crippen molar-refractivity contribution in [2.24, 2.45) is 0 Å². The van der Waals surface area contributed by atoms with Crippen molar-refractivity contribution in [3.05, 3.63) is 24.3 Å². The lowest BCUT2D eigenvalue weighted by Crippen LogP contribution is -2.45. The fourth-order valence-electron chi connectivity index (χ4n) is 1.88. The van der Waals surface area contributed by atoms with Crippen molar-refractivity contribution in [3.8, 4) is 0 Å². The Morgan fingerprint density at radius 3 is 2.86 bits per heavy atom. The van der Waals surface area contributed by atoms with E-state index >= 15 is 0 Å². The zero-order chi connectivity index (χ0) is 15.9. The maximum atomic E-state index is 11.9. The van der Waals surface area contributed by atoms with Gasteiger partial charge in [0.2, 0.25) is 11.8 Å². The third-order valence-corrected chi connectivity index (χ3v) is 3.90. The molecule has 0 aliphatic carbocycles. The number of imidazole rings is 1. The summed E-state index contributed by atoms with van der Waals surface area (Å²) in [6.45, 7) is 4.27. The number of nitrogens with one attached hydrogen (secondary N) is 3. The predicted molar refractivity (Wildman–Crippen MR) is 87.7 cm³/mol. The zero-order valence-corrected chi connectivity index (χ0v) is 13.5. The molecule has 6 nitrogen and oxygen atoms in total. The number of nitrogens with zero attached hydrogens (tertiary/aromatic N) is 1. The second-order valence-electron chi connectivity index (χ2n) is 4.93. The molecule has 0 saturated heterocycles. The normalized spacial score (nSPS) is 12.1. The van der Waals surface area contributed by atoms with Crippen LogP contribution >= 0.6 is 11.8 Å². The van der Waals surface area contributed by atoms with Crippen LogP contribution in [-0.4, -0.2) is 40.1 Å². The number of carbonyl (C=O) groups is 2. The van der Waals surface area contributed by atoms with Crippen molar-refractivity contribution in [1.29, 1.82) is 0 Å². The minimum absolute atomic E-state index is 0.163. The third kappa shape index (κ3) is 4.49. The van der Waals surface area contributed by atoms with E-state index < -0.39 is 6.04 Å². The molecule has 0 aliphatic heterocycles. The molecule has 2 amide bonds. The van der Waals surface area contributed by atoms with Crippen LogP contribution in [0.25, 0.3) is 11.0 Å². The lowest BCUT2D eigenvalue weighted by Gasteiger charge is -2.13. The maximum absolute atomic E-state index is 11.9. The summed E-state index contributed by atoms with van der Waals surface area (Å²) in [4.78, 5) is 31.1. The number of hydrogen-bond acceptors (Lipinski definition) is 4. The Morgan fingerprint density at radius 1 is 1.36 bits per heavy atom. The maximum Gasteiger partial charge on any atom is 0.242 e. The summed E-state index contributed by atoms with van der Waals surface area (Å²) < 4.78 is 0. The highest BCUT2D eigenvalue weighted by atomic mass is 32.2. The van der Waals surface area contributed by atoms with E-state index in [0.29, 0.717) is 11.7 Å². The van der Waals surface area contributed by atoms with Crippen molar-refractivity contribution in [3.63, 3.8) is 0 Å². The zero-order valence-electron chi connectivity index (χ0n) is 12.7. The first-order valence-corrected chi connectivity index (χ1v) is 8.23. The second kappa shape index (κ2) is 7.84. The third-order valence-electron chi connectivity index (χ3n) is 3.03. The van der Waals surface area contributed by atoms with Gasteiger partial charge in [0, 0.05) is 6.54 Å². The van der Waals surface area contributed by atoms with Gasteiger partial charge in [0.1, 0.15) is 6.04 Å². The van der Waals surface area contributed by atoms with Gasteiger partial charge in [0.25, 0.3) is 0 Å². The van der Waals surface area contributed by atoms with Crippen LogP contribution in [0.5, 0.6) is 0 Å². The molecule has 118 valence electrons. The molecule has 2 aromatic rings. The van der Waals surface area contributed by atoms with E-state index in [1.165, 1.54) is 11.8 Å². The average Bonchev–Trinajstić information content (AvgIpc) is 2.93. The first-order chi connectivity index (χ1) is 10.6. The molecule has 0 bridgehead atoms. The van der Waals surface area contributed by atoms with Crippen molar-refractivity contribution in [2.45, 2.75) is 31.5 Å². The topological polar surface area (TPSA) is 86.9 Å². The van der Waals surface area contributed by atoms with Crippen LogP contribution in [-0.2, 0) is 9.59 Å². The van der Waals surface area contributed by atoms with Crippen molar-refractivity contribution in [2.75, 3.05) is 12.3 Å². The number of hydrogen-bond donors (Lipinski definition) is 3. The molecular weight excluding hydrogens is 300 g/mol. The Morgan fingerprint density at radius 2 is 2.14 bits per heavy atom. The Hall–Kier alpha value is -2.02. The number of carbonyl (C=O) groups excluding carboxylic acids is 2. The van der Waals surface area contributed by atoms with Gasteiger partial charge in [-0.15, -0.1) is 0 Å². The molecule has 0 aliphatic rings. The molecular formula is C15H20N4O2S. The first kappa shape index (κ1) is 16.4. The van der Waals surface area contributed by atoms with Crippen LogP contribution < -0.4 is 10.6 Å². The summed E-state index contributed by atoms with van der Waals surface area (Å²) >= 11 is 1.32. The van der Waals surface area contributed by atoms with Crippen LogP contribution in [0.4, 0.5) is 0 Å². The molecule has 0 fully saturated rings. The fraction of sp³-hybridized carbons (Fsp3) is 0.400. The molecule has 22 heavy (non-hydrogen) atoms. The predicted octanol–water partition coefficient (Wildman–Crippen LogP) is 1.69. The molecule has 0 unspecified atom stereocenters. The molecule has 1 heterocycles. The molecule has 3 N–H and O–H groups in total. The standard InChI is InChI=1S/C15H20N4O2S/c1-3-8-16-14(21)10(2)17-13(20)9-22-15-18-11-6-4-5-7-12(11)19-15/h4-7,10H,3,8-9H2,1-2H3,(H,16,21)(H,17,20)(H,18,19)/t10-/m1/s1. The van der Waals surface area contributed by atoms with E-state index in [-0.39, 0.29) is 17.6 Å². The van der Waals surface area contributed by atoms with Crippen LogP contribution in [0.2, 0.25) is 0 Å². The van der Waals surface area contributed by atoms with E-state index in [9.17, 15) is 9.59 Å². The number of thioether (sulfide) groups is 1. The Labute approximate surface area is 133 Å². The van der Waals surface area contributed by atoms with Crippen LogP contribution in [0.1, 0.15) is 20.3 Å². The Kier molecular flexibility index (Phi) is 5.83. The van der Waals surface area contributed by atoms with Gasteiger partial charge < -0.3 is 15.6 Å². The SMILES string of the molecule is CCCNC(=O)[C@@H](C)NC(=O)CSc1nc2ccccc2[nH]1. The Bertz CT molecular complexity index is 623. The summed E-state index contributed by atoms with van der Waals surface area (Å²) in [5.74, 6) is -0.140. The molecule has 0 spiro atoms. The number of para-hydroxylation sites is 2. The largest absolute Gasteiger partial charge is 0.354 e. The summed E-state index contributed by atoms with van der Waals surface area (Å²) in [5.41, 5.74) is 1.82. The van der Waals surface area contributed by atoms with E-state index in [1.54, 1.807) is 6.92 Å². The van der Waals surface area contributed by atoms with Gasteiger partial charge in [-0.1, -0.05) is 30.8 Å². The van der Waals surface area contributed by atoms with Crippen LogP contribution in [0.15, 0.2) is 29.4 Å². The van der Waals surface area contributed by atoms with Gasteiger partial charge in [0.15, 0.2) is 5.16 Å². The van der Waals surface area contributed by atoms with Gasteiger partial charge in [-0.3, -0.25) is 9.59 Å². The highest BCUT2D eigenvalue weighted by molar-refractivity contribution is 7.99. The van der Waals surface area contributed by atoms with E-state index in [1.807, 2.05) is 31.2 Å². The number of aromatic amines is 1. The van der Waals surface area contributed by atoms with Gasteiger partial charge in [-0.05, 0) is 25.5 Å². The molecule has 0 saturated carbocycles. The van der Waals surface area contributed by atoms with E-state index in [2.05, 4.69) is 20.6 Å². The number of fused-ring (bicyclic) bond motifs is 1. The summed E-state index contributed by atoms with van der Waals surface area (Å²) in [7, 11) is 0. The molecule has 0 radical (unpaired) electrons. The molecule has 1 atom stereocenters. The van der Waals surface area contributed by atoms with E-state index in [0.717, 1.165) is 17.5 Å². The summed E-state index contributed by atoms with van der Waals surface area (Å²) in [6, 6.07) is 7.16. The lowest BCUT2D eigenvalue weighted by molar-refractivity contribution is -0.127. The lowest BCUT2D eigenvalue weighted by atomic mass is 10.3. The quantitative estimate of drug-likeness (QED) is 0.678. The minimum atomic E-state index is -0.532. The fourth-order valence-corrected chi connectivity index (χ4v) is 2.58. The van der Waals surface area contributed by atoms with Gasteiger partial charge in [0.05, 0.1) is 16.8 Å². The smallest absolute Gasteiger partial charge is 0.242 e. The van der Waals surface area contributed by atoms with Crippen LogP contribution in [0, 0.1) is 0 Å². The molecule has 2 rings (SSSR count). The van der Waals surface area contributed by atoms with Gasteiger partial charge in [-0.25, -0.2) is 4.98 Å². The highest BCUT2D eigenvalue weighted by Gasteiger charge is 2.15. The molecule has 1 aromatic carbocycles. The number of rotatable bonds is 7. The Balaban J connectivity index is 1.81. The van der Waals surface area contributed by atoms with Crippen molar-refractivity contribution in [1.82, 2.24) is 20.6 Å². The van der Waals surface area contributed by atoms with Crippen molar-refractivity contribution >= 4 is 34.6 Å². The van der Waals surface area contributed by atoms with E-state index in [4.69, 9.17) is 0 Å². The monoisotopic (exact) mass is 320 g/mol. The van der Waals surface area contributed by atoms with Crippen LogP contribution in [0.3, 0.4) is 0 Å². The highest BCUT2D eigenvalue weighted by Crippen LogP contribution is 2.18. The molecule has 1 aromatic heterocycles. The van der Waals surface area contributed by atoms with Gasteiger partial charge >= 0.3 is 0 Å².